The number of hydrogen-bond donors (Lipinski definition) is 1. The van der Waals surface area contributed by atoms with Crippen LogP contribution < -0.4 is 14.9 Å². The fourth-order valence-electron chi connectivity index (χ4n) is 3.18. The van der Waals surface area contributed by atoms with E-state index < -0.39 is 0 Å². The number of ether oxygens (including phenoxy) is 2. The number of aromatic nitrogens is 1. The number of halogens is 1. The van der Waals surface area contributed by atoms with E-state index in [2.05, 4.69) is 45.3 Å². The molecule has 0 aliphatic carbocycles. The van der Waals surface area contributed by atoms with Gasteiger partial charge >= 0.3 is 0 Å². The highest BCUT2D eigenvalue weighted by atomic mass is 79.9. The smallest absolute Gasteiger partial charge is 0.277 e. The highest BCUT2D eigenvalue weighted by molar-refractivity contribution is 9.10. The number of hydrogen-bond acceptors (Lipinski definition) is 6. The highest BCUT2D eigenvalue weighted by Gasteiger charge is 2.12. The lowest BCUT2D eigenvalue weighted by Gasteiger charge is -2.15. The number of nitrogens with zero attached hydrogens (tertiary/aromatic N) is 2. The maximum Gasteiger partial charge on any atom is 0.277 e. The third kappa shape index (κ3) is 7.33. The summed E-state index contributed by atoms with van der Waals surface area (Å²) >= 11 is 5.18. The van der Waals surface area contributed by atoms with Gasteiger partial charge in [0.05, 0.1) is 18.4 Å². The number of aryl methyl sites for hydroxylation is 1. The van der Waals surface area contributed by atoms with Gasteiger partial charge in [-0.15, -0.1) is 11.8 Å². The molecule has 6 nitrogen and oxygen atoms in total. The predicted octanol–water partition coefficient (Wildman–Crippen LogP) is 6.11. The number of hydrazone groups is 1. The number of thioether (sulfide) groups is 1. The van der Waals surface area contributed by atoms with Crippen LogP contribution in [-0.2, 0) is 10.5 Å². The molecule has 1 N–H and O–H groups in total. The number of amides is 1. The monoisotopic (exact) mass is 541 g/mol. The van der Waals surface area contributed by atoms with E-state index in [4.69, 9.17) is 9.47 Å². The van der Waals surface area contributed by atoms with Crippen molar-refractivity contribution in [1.29, 1.82) is 0 Å². The van der Waals surface area contributed by atoms with Crippen LogP contribution >= 0.6 is 27.7 Å². The Hall–Kier alpha value is -2.84. The molecule has 0 fully saturated rings. The Morgan fingerprint density at radius 2 is 2.03 bits per heavy atom. The molecular formula is C26H28BrN3O3S. The maximum absolute atomic E-state index is 12.3. The second-order valence-electron chi connectivity index (χ2n) is 7.90. The van der Waals surface area contributed by atoms with E-state index in [-0.39, 0.29) is 18.4 Å². The van der Waals surface area contributed by atoms with Crippen molar-refractivity contribution in [2.24, 2.45) is 5.10 Å². The second-order valence-corrected chi connectivity index (χ2v) is 9.75. The molecule has 0 aliphatic rings. The Balaban J connectivity index is 1.58. The molecule has 3 rings (SSSR count). The number of carbonyl (C=O) groups is 1. The third-order valence-corrected chi connectivity index (χ3v) is 6.84. The van der Waals surface area contributed by atoms with E-state index in [1.54, 1.807) is 31.3 Å². The van der Waals surface area contributed by atoms with Crippen LogP contribution in [-0.4, -0.2) is 30.8 Å². The van der Waals surface area contributed by atoms with E-state index in [1.807, 2.05) is 55.5 Å². The topological polar surface area (TPSA) is 72.8 Å². The minimum Gasteiger partial charge on any atom is -0.496 e. The molecule has 1 amide bonds. The zero-order valence-corrected chi connectivity index (χ0v) is 22.1. The molecule has 8 heteroatoms. The van der Waals surface area contributed by atoms with Gasteiger partial charge in [0, 0.05) is 22.0 Å². The zero-order chi connectivity index (χ0) is 24.5. The van der Waals surface area contributed by atoms with Gasteiger partial charge in [-0.1, -0.05) is 35.8 Å². The lowest BCUT2D eigenvalue weighted by molar-refractivity contribution is -0.123. The van der Waals surface area contributed by atoms with Crippen LogP contribution in [0, 0.1) is 6.92 Å². The predicted molar refractivity (Wildman–Crippen MR) is 141 cm³/mol. The molecule has 1 aromatic heterocycles. The Morgan fingerprint density at radius 1 is 1.21 bits per heavy atom. The number of benzene rings is 2. The largest absolute Gasteiger partial charge is 0.496 e. The summed E-state index contributed by atoms with van der Waals surface area (Å²) in [6, 6.07) is 15.6. The summed E-state index contributed by atoms with van der Waals surface area (Å²) in [4.78, 5) is 16.6. The molecule has 0 spiro atoms. The summed E-state index contributed by atoms with van der Waals surface area (Å²) < 4.78 is 12.3. The Bertz CT molecular complexity index is 1150. The van der Waals surface area contributed by atoms with Crippen LogP contribution in [0.1, 0.15) is 42.0 Å². The van der Waals surface area contributed by atoms with Crippen molar-refractivity contribution < 1.29 is 14.3 Å². The number of carbonyl (C=O) groups excluding carboxylic acids is 1. The van der Waals surface area contributed by atoms with Crippen molar-refractivity contribution in [3.8, 4) is 11.5 Å². The highest BCUT2D eigenvalue weighted by Crippen LogP contribution is 2.32. The standard InChI is InChI=1S/C26H28BrN3O3S/c1-17(2)21-13-22(27)18(3)11-24(21)33-15-25(31)30-29-14-19-8-9-23(32-4)20(12-19)16-34-26-7-5-6-10-28-26/h5-14,17H,15-16H2,1-4H3,(H,30,31)/b29-14+. The maximum atomic E-state index is 12.3. The number of pyridine rings is 1. The van der Waals surface area contributed by atoms with Crippen LogP contribution in [0.15, 0.2) is 69.3 Å². The molecule has 3 aromatic rings. The van der Waals surface area contributed by atoms with Gasteiger partial charge in [0.1, 0.15) is 11.5 Å². The van der Waals surface area contributed by atoms with Crippen molar-refractivity contribution in [3.05, 3.63) is 81.5 Å². The van der Waals surface area contributed by atoms with Crippen LogP contribution in [0.5, 0.6) is 11.5 Å². The van der Waals surface area contributed by atoms with Gasteiger partial charge in [0.15, 0.2) is 6.61 Å². The van der Waals surface area contributed by atoms with Gasteiger partial charge in [-0.2, -0.15) is 5.10 Å². The number of rotatable bonds is 10. The van der Waals surface area contributed by atoms with Crippen LogP contribution in [0.3, 0.4) is 0 Å². The van der Waals surface area contributed by atoms with Gasteiger partial charge in [-0.3, -0.25) is 4.79 Å². The van der Waals surface area contributed by atoms with Crippen molar-refractivity contribution >= 4 is 39.8 Å². The second kappa shape index (κ2) is 12.6. The fourth-order valence-corrected chi connectivity index (χ4v) is 4.38. The molecule has 0 radical (unpaired) electrons. The van der Waals surface area contributed by atoms with E-state index in [9.17, 15) is 4.79 Å². The summed E-state index contributed by atoms with van der Waals surface area (Å²) in [7, 11) is 1.65. The average molecular weight is 542 g/mol. The quantitative estimate of drug-likeness (QED) is 0.190. The van der Waals surface area contributed by atoms with E-state index >= 15 is 0 Å². The first-order chi connectivity index (χ1) is 16.4. The molecular weight excluding hydrogens is 514 g/mol. The molecule has 0 atom stereocenters. The van der Waals surface area contributed by atoms with Crippen molar-refractivity contribution in [2.45, 2.75) is 37.5 Å². The molecule has 0 saturated heterocycles. The summed E-state index contributed by atoms with van der Waals surface area (Å²) in [6.45, 7) is 6.05. The number of methoxy groups -OCH3 is 1. The normalized spacial score (nSPS) is 11.1. The van der Waals surface area contributed by atoms with Crippen LogP contribution in [0.4, 0.5) is 0 Å². The average Bonchev–Trinajstić information content (AvgIpc) is 2.83. The molecule has 178 valence electrons. The Kier molecular flexibility index (Phi) is 9.53. The van der Waals surface area contributed by atoms with Gasteiger partial charge in [0.25, 0.3) is 5.91 Å². The summed E-state index contributed by atoms with van der Waals surface area (Å²) in [5, 5.41) is 5.03. The van der Waals surface area contributed by atoms with Crippen molar-refractivity contribution in [1.82, 2.24) is 10.4 Å². The zero-order valence-electron chi connectivity index (χ0n) is 19.7. The molecule has 2 aromatic carbocycles. The van der Waals surface area contributed by atoms with E-state index in [0.717, 1.165) is 37.5 Å². The first-order valence-corrected chi connectivity index (χ1v) is 12.6. The van der Waals surface area contributed by atoms with Crippen LogP contribution in [0.2, 0.25) is 0 Å². The Labute approximate surface area is 213 Å². The lowest BCUT2D eigenvalue weighted by Crippen LogP contribution is -2.25. The first-order valence-electron chi connectivity index (χ1n) is 10.8. The van der Waals surface area contributed by atoms with Gasteiger partial charge in [0.2, 0.25) is 0 Å². The first kappa shape index (κ1) is 25.8. The van der Waals surface area contributed by atoms with Gasteiger partial charge < -0.3 is 9.47 Å². The molecule has 0 unspecified atom stereocenters. The SMILES string of the molecule is COc1ccc(/C=N/NC(=O)COc2cc(C)c(Br)cc2C(C)C)cc1CSc1ccccn1. The molecule has 0 aliphatic heterocycles. The van der Waals surface area contributed by atoms with Crippen molar-refractivity contribution in [3.63, 3.8) is 0 Å². The lowest BCUT2D eigenvalue weighted by atomic mass is 10.0. The summed E-state index contributed by atoms with van der Waals surface area (Å²) in [5.74, 6) is 2.15. The molecule has 0 bridgehead atoms. The molecule has 0 saturated carbocycles. The Morgan fingerprint density at radius 3 is 2.74 bits per heavy atom. The van der Waals surface area contributed by atoms with E-state index in [0.29, 0.717) is 11.5 Å². The summed E-state index contributed by atoms with van der Waals surface area (Å²) in [5.41, 5.74) is 6.50. The van der Waals surface area contributed by atoms with E-state index in [1.165, 1.54) is 0 Å². The molecule has 1 heterocycles. The van der Waals surface area contributed by atoms with Gasteiger partial charge in [-0.25, -0.2) is 10.4 Å². The van der Waals surface area contributed by atoms with Crippen LogP contribution in [0.25, 0.3) is 0 Å². The molecule has 34 heavy (non-hydrogen) atoms. The summed E-state index contributed by atoms with van der Waals surface area (Å²) in [6.07, 6.45) is 3.38. The fraction of sp³-hybridized carbons (Fsp3) is 0.269. The minimum atomic E-state index is -0.328. The number of nitrogens with one attached hydrogen (secondary N) is 1. The van der Waals surface area contributed by atoms with Crippen molar-refractivity contribution in [2.75, 3.05) is 13.7 Å². The third-order valence-electron chi connectivity index (χ3n) is 4.99. The minimum absolute atomic E-state index is 0.118. The van der Waals surface area contributed by atoms with Gasteiger partial charge in [-0.05, 0) is 72.0 Å².